The Hall–Kier alpha value is -1.79. The first kappa shape index (κ1) is 13.2. The average Bonchev–Trinajstić information content (AvgIpc) is 2.94. The van der Waals surface area contributed by atoms with E-state index < -0.39 is 0 Å². The summed E-state index contributed by atoms with van der Waals surface area (Å²) in [6.45, 7) is 4.64. The predicted octanol–water partition coefficient (Wildman–Crippen LogP) is 1.32. The molecule has 0 fully saturated rings. The van der Waals surface area contributed by atoms with Gasteiger partial charge >= 0.3 is 0 Å². The molecule has 1 aliphatic heterocycles. The Morgan fingerprint density at radius 3 is 2.75 bits per heavy atom. The van der Waals surface area contributed by atoms with E-state index >= 15 is 0 Å². The molecule has 6 heteroatoms. The molecule has 0 bridgehead atoms. The normalized spacial score (nSPS) is 18.6. The SMILES string of the molecule is CC(C(N)c1ccc(F)cc1)N1CCn2cnnc2C1. The summed E-state index contributed by atoms with van der Waals surface area (Å²) in [6.07, 6.45) is 1.76. The van der Waals surface area contributed by atoms with Crippen molar-refractivity contribution in [3.05, 3.63) is 47.8 Å². The first-order chi connectivity index (χ1) is 9.65. The Balaban J connectivity index is 1.73. The van der Waals surface area contributed by atoms with Gasteiger partial charge in [0, 0.05) is 25.2 Å². The number of rotatable bonds is 3. The van der Waals surface area contributed by atoms with E-state index in [9.17, 15) is 4.39 Å². The van der Waals surface area contributed by atoms with Gasteiger partial charge in [0.2, 0.25) is 0 Å². The van der Waals surface area contributed by atoms with E-state index in [-0.39, 0.29) is 17.9 Å². The van der Waals surface area contributed by atoms with E-state index in [0.717, 1.165) is 31.0 Å². The molecule has 2 heterocycles. The number of nitrogens with zero attached hydrogens (tertiary/aromatic N) is 4. The smallest absolute Gasteiger partial charge is 0.147 e. The maximum atomic E-state index is 13.0. The number of nitrogens with two attached hydrogens (primary N) is 1. The van der Waals surface area contributed by atoms with Crippen molar-refractivity contribution >= 4 is 0 Å². The van der Waals surface area contributed by atoms with Crippen molar-refractivity contribution in [2.75, 3.05) is 6.54 Å². The van der Waals surface area contributed by atoms with Crippen LogP contribution in [0, 0.1) is 5.82 Å². The molecule has 0 saturated carbocycles. The van der Waals surface area contributed by atoms with Crippen LogP contribution in [0.15, 0.2) is 30.6 Å². The van der Waals surface area contributed by atoms with Gasteiger partial charge in [0.15, 0.2) is 0 Å². The highest BCUT2D eigenvalue weighted by molar-refractivity contribution is 5.21. The van der Waals surface area contributed by atoms with Crippen LogP contribution in [0.5, 0.6) is 0 Å². The summed E-state index contributed by atoms with van der Waals surface area (Å²) in [5, 5.41) is 8.04. The molecular weight excluding hydrogens is 257 g/mol. The Labute approximate surface area is 117 Å². The molecule has 2 unspecified atom stereocenters. The lowest BCUT2D eigenvalue weighted by Crippen LogP contribution is -2.44. The summed E-state index contributed by atoms with van der Waals surface area (Å²) < 4.78 is 15.0. The van der Waals surface area contributed by atoms with E-state index in [1.807, 2.05) is 0 Å². The van der Waals surface area contributed by atoms with Gasteiger partial charge in [0.25, 0.3) is 0 Å². The van der Waals surface area contributed by atoms with Gasteiger partial charge < -0.3 is 10.3 Å². The van der Waals surface area contributed by atoms with Crippen LogP contribution in [-0.4, -0.2) is 32.3 Å². The monoisotopic (exact) mass is 275 g/mol. The second kappa shape index (κ2) is 5.30. The first-order valence-electron chi connectivity index (χ1n) is 6.77. The van der Waals surface area contributed by atoms with Gasteiger partial charge in [-0.2, -0.15) is 0 Å². The van der Waals surface area contributed by atoms with Crippen molar-refractivity contribution in [3.8, 4) is 0 Å². The molecule has 1 aliphatic rings. The number of benzene rings is 1. The third kappa shape index (κ3) is 2.44. The lowest BCUT2D eigenvalue weighted by Gasteiger charge is -2.35. The third-order valence-electron chi connectivity index (χ3n) is 4.02. The van der Waals surface area contributed by atoms with Crippen LogP contribution in [0.4, 0.5) is 4.39 Å². The summed E-state index contributed by atoms with van der Waals surface area (Å²) in [7, 11) is 0. The highest BCUT2D eigenvalue weighted by atomic mass is 19.1. The maximum Gasteiger partial charge on any atom is 0.147 e. The Morgan fingerprint density at radius 2 is 2.00 bits per heavy atom. The van der Waals surface area contributed by atoms with Crippen LogP contribution in [0.2, 0.25) is 0 Å². The fourth-order valence-corrected chi connectivity index (χ4v) is 2.62. The molecule has 3 rings (SSSR count). The third-order valence-corrected chi connectivity index (χ3v) is 4.02. The van der Waals surface area contributed by atoms with Crippen LogP contribution in [-0.2, 0) is 13.1 Å². The van der Waals surface area contributed by atoms with Gasteiger partial charge in [0.1, 0.15) is 18.0 Å². The van der Waals surface area contributed by atoms with E-state index in [1.54, 1.807) is 18.5 Å². The molecule has 0 amide bonds. The zero-order chi connectivity index (χ0) is 14.1. The van der Waals surface area contributed by atoms with Gasteiger partial charge in [-0.1, -0.05) is 12.1 Å². The molecule has 2 atom stereocenters. The van der Waals surface area contributed by atoms with Crippen molar-refractivity contribution in [3.63, 3.8) is 0 Å². The number of hydrogen-bond donors (Lipinski definition) is 1. The van der Waals surface area contributed by atoms with E-state index in [4.69, 9.17) is 5.73 Å². The molecule has 106 valence electrons. The van der Waals surface area contributed by atoms with Crippen LogP contribution in [0.25, 0.3) is 0 Å². The van der Waals surface area contributed by atoms with E-state index in [1.165, 1.54) is 12.1 Å². The van der Waals surface area contributed by atoms with Crippen molar-refractivity contribution in [2.24, 2.45) is 5.73 Å². The summed E-state index contributed by atoms with van der Waals surface area (Å²) in [4.78, 5) is 2.29. The minimum atomic E-state index is -0.236. The minimum absolute atomic E-state index is 0.148. The van der Waals surface area contributed by atoms with Crippen molar-refractivity contribution < 1.29 is 4.39 Å². The molecule has 0 saturated heterocycles. The summed E-state index contributed by atoms with van der Waals surface area (Å²) in [6, 6.07) is 6.42. The second-order valence-electron chi connectivity index (χ2n) is 5.23. The molecule has 2 aromatic rings. The lowest BCUT2D eigenvalue weighted by atomic mass is 9.99. The zero-order valence-electron chi connectivity index (χ0n) is 11.4. The number of fused-ring (bicyclic) bond motifs is 1. The molecule has 0 spiro atoms. The van der Waals surface area contributed by atoms with Crippen molar-refractivity contribution in [1.29, 1.82) is 0 Å². The van der Waals surface area contributed by atoms with Crippen molar-refractivity contribution in [2.45, 2.75) is 32.1 Å². The fourth-order valence-electron chi connectivity index (χ4n) is 2.62. The minimum Gasteiger partial charge on any atom is -0.323 e. The Kier molecular flexibility index (Phi) is 3.50. The highest BCUT2D eigenvalue weighted by Gasteiger charge is 2.26. The van der Waals surface area contributed by atoms with Crippen LogP contribution < -0.4 is 5.73 Å². The number of aromatic nitrogens is 3. The van der Waals surface area contributed by atoms with Crippen LogP contribution in [0.3, 0.4) is 0 Å². The molecule has 1 aromatic heterocycles. The average molecular weight is 275 g/mol. The zero-order valence-corrected chi connectivity index (χ0v) is 11.4. The predicted molar refractivity (Wildman–Crippen MR) is 73.2 cm³/mol. The fraction of sp³-hybridized carbons (Fsp3) is 0.429. The van der Waals surface area contributed by atoms with Crippen LogP contribution >= 0.6 is 0 Å². The lowest BCUT2D eigenvalue weighted by molar-refractivity contribution is 0.143. The Morgan fingerprint density at radius 1 is 1.25 bits per heavy atom. The summed E-state index contributed by atoms with van der Waals surface area (Å²) >= 11 is 0. The quantitative estimate of drug-likeness (QED) is 0.918. The second-order valence-corrected chi connectivity index (χ2v) is 5.23. The van der Waals surface area contributed by atoms with Gasteiger partial charge in [-0.3, -0.25) is 4.90 Å². The van der Waals surface area contributed by atoms with Gasteiger partial charge in [0.05, 0.1) is 6.54 Å². The molecule has 1 aromatic carbocycles. The number of halogens is 1. The van der Waals surface area contributed by atoms with Crippen LogP contribution in [0.1, 0.15) is 24.4 Å². The van der Waals surface area contributed by atoms with Gasteiger partial charge in [-0.15, -0.1) is 10.2 Å². The summed E-state index contributed by atoms with van der Waals surface area (Å²) in [5.74, 6) is 0.731. The molecular formula is C14H18FN5. The van der Waals surface area contributed by atoms with Gasteiger partial charge in [-0.05, 0) is 24.6 Å². The topological polar surface area (TPSA) is 60.0 Å². The van der Waals surface area contributed by atoms with E-state index in [2.05, 4.69) is 26.6 Å². The standard InChI is InChI=1S/C14H18FN5/c1-10(14(16)11-2-4-12(15)5-3-11)19-6-7-20-9-17-18-13(20)8-19/h2-5,9-10,14H,6-8,16H2,1H3. The molecule has 20 heavy (non-hydrogen) atoms. The number of hydrogen-bond acceptors (Lipinski definition) is 4. The largest absolute Gasteiger partial charge is 0.323 e. The molecule has 2 N–H and O–H groups in total. The Bertz CT molecular complexity index is 580. The van der Waals surface area contributed by atoms with E-state index in [0.29, 0.717) is 0 Å². The first-order valence-corrected chi connectivity index (χ1v) is 6.77. The maximum absolute atomic E-state index is 13.0. The summed E-state index contributed by atoms with van der Waals surface area (Å²) in [5.41, 5.74) is 7.26. The van der Waals surface area contributed by atoms with Gasteiger partial charge in [-0.25, -0.2) is 4.39 Å². The molecule has 0 radical (unpaired) electrons. The molecule has 5 nitrogen and oxygen atoms in total. The molecule has 0 aliphatic carbocycles. The van der Waals surface area contributed by atoms with Crippen molar-refractivity contribution in [1.82, 2.24) is 19.7 Å². The highest BCUT2D eigenvalue weighted by Crippen LogP contribution is 2.22.